The zero-order chi connectivity index (χ0) is 17.5. The molecule has 3 nitrogen and oxygen atoms in total. The molecule has 0 spiro atoms. The van der Waals surface area contributed by atoms with E-state index in [-0.39, 0.29) is 0 Å². The van der Waals surface area contributed by atoms with Gasteiger partial charge in [0.15, 0.2) is 0 Å². The van der Waals surface area contributed by atoms with Gasteiger partial charge in [0.25, 0.3) is 0 Å². The van der Waals surface area contributed by atoms with Crippen molar-refractivity contribution in [1.29, 1.82) is 0 Å². The van der Waals surface area contributed by atoms with Crippen LogP contribution in [0.15, 0.2) is 48.5 Å². The van der Waals surface area contributed by atoms with E-state index in [0.717, 1.165) is 12.8 Å². The Labute approximate surface area is 146 Å². The van der Waals surface area contributed by atoms with E-state index in [4.69, 9.17) is 9.05 Å². The van der Waals surface area contributed by atoms with Gasteiger partial charge in [-0.25, -0.2) is 0 Å². The summed E-state index contributed by atoms with van der Waals surface area (Å²) in [4.78, 5) is 10.0. The molecule has 0 atom stereocenters. The van der Waals surface area contributed by atoms with Gasteiger partial charge in [-0.15, -0.1) is 0 Å². The summed E-state index contributed by atoms with van der Waals surface area (Å²) in [6.07, 6.45) is 2.07. The molecular weight excluding hydrogens is 319 g/mol. The Balaban J connectivity index is 1.87. The molecule has 0 aliphatic rings. The fourth-order valence-electron chi connectivity index (χ4n) is 2.51. The van der Waals surface area contributed by atoms with Crippen LogP contribution in [0.1, 0.15) is 38.8 Å². The van der Waals surface area contributed by atoms with Crippen LogP contribution in [0.5, 0.6) is 11.5 Å². The first-order chi connectivity index (χ1) is 11.4. The summed E-state index contributed by atoms with van der Waals surface area (Å²) in [7, 11) is -1.99. The minimum absolute atomic E-state index is 0.618. The van der Waals surface area contributed by atoms with Crippen LogP contribution in [-0.4, -0.2) is 4.89 Å². The zero-order valence-electron chi connectivity index (χ0n) is 14.9. The predicted octanol–water partition coefficient (Wildman–Crippen LogP) is 5.76. The molecule has 0 fully saturated rings. The molecule has 2 aromatic carbocycles. The fourth-order valence-corrected chi connectivity index (χ4v) is 3.16. The van der Waals surface area contributed by atoms with Crippen molar-refractivity contribution in [1.82, 2.24) is 0 Å². The second-order valence-electron chi connectivity index (χ2n) is 6.90. The van der Waals surface area contributed by atoms with Crippen LogP contribution < -0.4 is 9.05 Å². The van der Waals surface area contributed by atoms with Gasteiger partial charge in [0.2, 0.25) is 0 Å². The largest absolute Gasteiger partial charge is 0.460 e. The number of hydrogen-bond acceptors (Lipinski definition) is 3. The van der Waals surface area contributed by atoms with Gasteiger partial charge in [0.05, 0.1) is 0 Å². The summed E-state index contributed by atoms with van der Waals surface area (Å²) in [6, 6.07) is 15.6. The Morgan fingerprint density at radius 1 is 0.708 bits per heavy atom. The lowest BCUT2D eigenvalue weighted by Gasteiger charge is -2.13. The number of hydrogen-bond donors (Lipinski definition) is 1. The summed E-state index contributed by atoms with van der Waals surface area (Å²) in [6.45, 7) is 8.77. The van der Waals surface area contributed by atoms with Gasteiger partial charge < -0.3 is 13.9 Å². The molecule has 0 heterocycles. The van der Waals surface area contributed by atoms with Gasteiger partial charge in [-0.2, -0.15) is 0 Å². The first-order valence-corrected chi connectivity index (χ1v) is 9.58. The molecule has 24 heavy (non-hydrogen) atoms. The van der Waals surface area contributed by atoms with Crippen molar-refractivity contribution in [3.8, 4) is 11.5 Å². The summed E-state index contributed by atoms with van der Waals surface area (Å²) in [5.74, 6) is 2.47. The Morgan fingerprint density at radius 2 is 1.04 bits per heavy atom. The van der Waals surface area contributed by atoms with Crippen LogP contribution in [0, 0.1) is 11.8 Å². The molecule has 4 heteroatoms. The molecule has 0 unspecified atom stereocenters. The van der Waals surface area contributed by atoms with E-state index >= 15 is 0 Å². The summed E-state index contributed by atoms with van der Waals surface area (Å²) >= 11 is 0. The van der Waals surface area contributed by atoms with Crippen molar-refractivity contribution in [2.75, 3.05) is 0 Å². The average Bonchev–Trinajstić information content (AvgIpc) is 2.50. The first-order valence-electron chi connectivity index (χ1n) is 8.45. The summed E-state index contributed by atoms with van der Waals surface area (Å²) in [5, 5.41) is 0. The van der Waals surface area contributed by atoms with Gasteiger partial charge in [-0.05, 0) is 60.1 Å². The second-order valence-corrected chi connectivity index (χ2v) is 7.75. The van der Waals surface area contributed by atoms with Crippen molar-refractivity contribution in [2.24, 2.45) is 11.8 Å². The van der Waals surface area contributed by atoms with E-state index < -0.39 is 8.60 Å². The van der Waals surface area contributed by atoms with E-state index in [1.54, 1.807) is 0 Å². The van der Waals surface area contributed by atoms with Gasteiger partial charge >= 0.3 is 8.60 Å². The first kappa shape index (κ1) is 18.8. The molecule has 2 rings (SSSR count). The normalized spacial score (nSPS) is 11.3. The minimum atomic E-state index is -1.99. The van der Waals surface area contributed by atoms with E-state index in [1.807, 2.05) is 48.5 Å². The Morgan fingerprint density at radius 3 is 1.33 bits per heavy atom. The summed E-state index contributed by atoms with van der Waals surface area (Å²) < 4.78 is 10.9. The molecule has 0 bridgehead atoms. The van der Waals surface area contributed by atoms with Crippen molar-refractivity contribution in [3.63, 3.8) is 0 Å². The number of benzene rings is 2. The van der Waals surface area contributed by atoms with E-state index in [9.17, 15) is 4.89 Å². The maximum Gasteiger partial charge on any atom is 0.460 e. The molecule has 0 aromatic heterocycles. The third-order valence-corrected chi connectivity index (χ3v) is 4.24. The van der Waals surface area contributed by atoms with E-state index in [1.165, 1.54) is 11.1 Å². The lowest BCUT2D eigenvalue weighted by atomic mass is 10.0. The maximum atomic E-state index is 10.0. The van der Waals surface area contributed by atoms with Crippen molar-refractivity contribution >= 4 is 8.60 Å². The molecule has 2 aromatic rings. The maximum absolute atomic E-state index is 10.0. The smallest absolute Gasteiger partial charge is 0.418 e. The standard InChI is InChI=1S/C20H27O3P/c1-15(2)13-17-5-9-19(10-6-17)22-24(21)23-20-11-7-18(8-12-20)14-16(3)4/h5-12,15-16,21H,13-14H2,1-4H3. The van der Waals surface area contributed by atoms with Crippen LogP contribution in [0.2, 0.25) is 0 Å². The molecule has 0 aliphatic heterocycles. The molecule has 0 aliphatic carbocycles. The van der Waals surface area contributed by atoms with E-state index in [0.29, 0.717) is 23.3 Å². The van der Waals surface area contributed by atoms with Crippen LogP contribution >= 0.6 is 8.60 Å². The van der Waals surface area contributed by atoms with Gasteiger partial charge in [-0.1, -0.05) is 52.0 Å². The molecule has 1 N–H and O–H groups in total. The highest BCUT2D eigenvalue weighted by molar-refractivity contribution is 7.41. The third-order valence-electron chi connectivity index (χ3n) is 3.50. The Kier molecular flexibility index (Phi) is 7.08. The number of rotatable bonds is 8. The van der Waals surface area contributed by atoms with E-state index in [2.05, 4.69) is 27.7 Å². The van der Waals surface area contributed by atoms with Gasteiger partial charge in [0.1, 0.15) is 11.5 Å². The second kappa shape index (κ2) is 9.05. The lowest BCUT2D eigenvalue weighted by molar-refractivity contribution is 0.381. The average molecular weight is 346 g/mol. The zero-order valence-corrected chi connectivity index (χ0v) is 15.8. The van der Waals surface area contributed by atoms with Gasteiger partial charge in [0, 0.05) is 0 Å². The predicted molar refractivity (Wildman–Crippen MR) is 100 cm³/mol. The Bertz CT molecular complexity index is 550. The highest BCUT2D eigenvalue weighted by Crippen LogP contribution is 2.36. The van der Waals surface area contributed by atoms with Gasteiger partial charge in [-0.3, -0.25) is 0 Å². The molecule has 0 saturated heterocycles. The topological polar surface area (TPSA) is 38.7 Å². The Hall–Kier alpha value is -1.57. The monoisotopic (exact) mass is 346 g/mol. The highest BCUT2D eigenvalue weighted by atomic mass is 31.2. The van der Waals surface area contributed by atoms with Crippen LogP contribution in [0.25, 0.3) is 0 Å². The molecule has 0 saturated carbocycles. The van der Waals surface area contributed by atoms with Crippen molar-refractivity contribution in [2.45, 2.75) is 40.5 Å². The SMILES string of the molecule is CC(C)Cc1ccc(OP(O)Oc2ccc(CC(C)C)cc2)cc1. The third kappa shape index (κ3) is 6.51. The van der Waals surface area contributed by atoms with Crippen LogP contribution in [0.4, 0.5) is 0 Å². The molecule has 0 amide bonds. The van der Waals surface area contributed by atoms with Crippen LogP contribution in [0.3, 0.4) is 0 Å². The van der Waals surface area contributed by atoms with Crippen LogP contribution in [-0.2, 0) is 12.8 Å². The lowest BCUT2D eigenvalue weighted by Crippen LogP contribution is -1.97. The highest BCUT2D eigenvalue weighted by Gasteiger charge is 2.12. The molecule has 0 radical (unpaired) electrons. The fraction of sp³-hybridized carbons (Fsp3) is 0.400. The molecule has 130 valence electrons. The molecular formula is C20H27O3P. The van der Waals surface area contributed by atoms with Crippen molar-refractivity contribution in [3.05, 3.63) is 59.7 Å². The quantitative estimate of drug-likeness (QED) is 0.618. The minimum Gasteiger partial charge on any atom is -0.418 e. The van der Waals surface area contributed by atoms with Crippen molar-refractivity contribution < 1.29 is 13.9 Å². The summed E-state index contributed by atoms with van der Waals surface area (Å²) in [5.41, 5.74) is 2.53.